The number of carbonyl (C=O) groups is 2. The number of rotatable bonds is 6. The third kappa shape index (κ3) is 4.05. The number of hydrogen-bond donors (Lipinski definition) is 2. The lowest BCUT2D eigenvalue weighted by Gasteiger charge is -2.07. The summed E-state index contributed by atoms with van der Waals surface area (Å²) in [6.07, 6.45) is 0.905. The molecule has 22 heavy (non-hydrogen) atoms. The monoisotopic (exact) mass is 319 g/mol. The van der Waals surface area contributed by atoms with Crippen molar-refractivity contribution < 1.29 is 9.59 Å². The van der Waals surface area contributed by atoms with Crippen molar-refractivity contribution in [1.29, 1.82) is 0 Å². The number of hydrogen-bond acceptors (Lipinski definition) is 4. The van der Waals surface area contributed by atoms with Gasteiger partial charge in [0, 0.05) is 35.3 Å². The van der Waals surface area contributed by atoms with Gasteiger partial charge in [-0.25, -0.2) is 0 Å². The summed E-state index contributed by atoms with van der Waals surface area (Å²) in [5.74, 6) is -0.637. The van der Waals surface area contributed by atoms with Crippen LogP contribution in [0.25, 0.3) is 0 Å². The van der Waals surface area contributed by atoms with E-state index < -0.39 is 5.91 Å². The van der Waals surface area contributed by atoms with Crippen LogP contribution in [0.15, 0.2) is 34.4 Å². The predicted octanol–water partition coefficient (Wildman–Crippen LogP) is 1.74. The van der Waals surface area contributed by atoms with E-state index in [0.29, 0.717) is 30.6 Å². The third-order valence-electron chi connectivity index (χ3n) is 3.22. The van der Waals surface area contributed by atoms with Crippen LogP contribution in [-0.4, -0.2) is 16.4 Å². The molecule has 0 spiro atoms. The fourth-order valence-electron chi connectivity index (χ4n) is 2.01. The van der Waals surface area contributed by atoms with Crippen LogP contribution in [-0.2, 0) is 11.3 Å². The molecule has 6 nitrogen and oxygen atoms in total. The van der Waals surface area contributed by atoms with Gasteiger partial charge in [-0.1, -0.05) is 11.3 Å². The number of benzene rings is 1. The summed E-state index contributed by atoms with van der Waals surface area (Å²) in [6, 6.07) is 6.38. The van der Waals surface area contributed by atoms with Gasteiger partial charge in [-0.05, 0) is 37.6 Å². The van der Waals surface area contributed by atoms with Crippen molar-refractivity contribution in [2.75, 3.05) is 5.32 Å². The average molecular weight is 319 g/mol. The Bertz CT molecular complexity index is 731. The Morgan fingerprint density at radius 1 is 1.27 bits per heavy atom. The Morgan fingerprint density at radius 2 is 1.95 bits per heavy atom. The van der Waals surface area contributed by atoms with Crippen molar-refractivity contribution in [2.24, 2.45) is 5.73 Å². The molecule has 3 N–H and O–H groups in total. The first kappa shape index (κ1) is 16.0. The SMILES string of the molecule is Cc1csc(=O)n1CCCC(=O)Nc1ccc(C(N)=O)cc1. The van der Waals surface area contributed by atoms with E-state index >= 15 is 0 Å². The molecule has 2 amide bonds. The van der Waals surface area contributed by atoms with Gasteiger partial charge in [-0.15, -0.1) is 0 Å². The molecule has 2 aromatic rings. The highest BCUT2D eigenvalue weighted by atomic mass is 32.1. The van der Waals surface area contributed by atoms with E-state index in [9.17, 15) is 14.4 Å². The number of primary amides is 1. The maximum absolute atomic E-state index is 11.8. The number of amides is 2. The number of aryl methyl sites for hydroxylation is 1. The van der Waals surface area contributed by atoms with Crippen LogP contribution < -0.4 is 15.9 Å². The molecular weight excluding hydrogens is 302 g/mol. The minimum atomic E-state index is -0.505. The summed E-state index contributed by atoms with van der Waals surface area (Å²) in [7, 11) is 0. The van der Waals surface area contributed by atoms with E-state index in [4.69, 9.17) is 5.73 Å². The number of nitrogens with zero attached hydrogens (tertiary/aromatic N) is 1. The van der Waals surface area contributed by atoms with Gasteiger partial charge >= 0.3 is 4.87 Å². The summed E-state index contributed by atoms with van der Waals surface area (Å²) >= 11 is 1.17. The number of anilines is 1. The van der Waals surface area contributed by atoms with Gasteiger partial charge in [0.15, 0.2) is 0 Å². The summed E-state index contributed by atoms with van der Waals surface area (Å²) in [6.45, 7) is 2.40. The minimum absolute atomic E-state index is 0.0000475. The summed E-state index contributed by atoms with van der Waals surface area (Å²) < 4.78 is 1.67. The van der Waals surface area contributed by atoms with Crippen molar-refractivity contribution in [1.82, 2.24) is 4.57 Å². The molecule has 0 aliphatic rings. The highest BCUT2D eigenvalue weighted by Gasteiger charge is 2.06. The molecule has 1 aromatic carbocycles. The lowest BCUT2D eigenvalue weighted by molar-refractivity contribution is -0.116. The molecule has 2 rings (SSSR count). The van der Waals surface area contributed by atoms with Gasteiger partial charge < -0.3 is 15.6 Å². The maximum atomic E-state index is 11.8. The molecule has 0 aliphatic carbocycles. The normalized spacial score (nSPS) is 10.4. The summed E-state index contributed by atoms with van der Waals surface area (Å²) in [5.41, 5.74) is 7.07. The van der Waals surface area contributed by atoms with E-state index in [1.807, 2.05) is 12.3 Å². The van der Waals surface area contributed by atoms with E-state index in [-0.39, 0.29) is 10.8 Å². The van der Waals surface area contributed by atoms with Crippen molar-refractivity contribution in [3.8, 4) is 0 Å². The lowest BCUT2D eigenvalue weighted by atomic mass is 10.2. The fourth-order valence-corrected chi connectivity index (χ4v) is 2.77. The van der Waals surface area contributed by atoms with Gasteiger partial charge in [-0.3, -0.25) is 14.4 Å². The van der Waals surface area contributed by atoms with Crippen LogP contribution in [0.4, 0.5) is 5.69 Å². The highest BCUT2D eigenvalue weighted by molar-refractivity contribution is 7.07. The van der Waals surface area contributed by atoms with E-state index in [1.165, 1.54) is 11.3 Å². The van der Waals surface area contributed by atoms with Gasteiger partial charge in [0.25, 0.3) is 0 Å². The van der Waals surface area contributed by atoms with Crippen LogP contribution in [0, 0.1) is 6.92 Å². The second kappa shape index (κ2) is 7.04. The largest absolute Gasteiger partial charge is 0.366 e. The van der Waals surface area contributed by atoms with E-state index in [2.05, 4.69) is 5.32 Å². The quantitative estimate of drug-likeness (QED) is 0.849. The molecule has 0 unspecified atom stereocenters. The van der Waals surface area contributed by atoms with E-state index in [1.54, 1.807) is 28.8 Å². The van der Waals surface area contributed by atoms with Crippen molar-refractivity contribution in [3.63, 3.8) is 0 Å². The predicted molar refractivity (Wildman–Crippen MR) is 86.1 cm³/mol. The second-order valence-electron chi connectivity index (χ2n) is 4.89. The molecule has 1 heterocycles. The Kier molecular flexibility index (Phi) is 5.11. The molecule has 0 atom stereocenters. The molecule has 0 aliphatic heterocycles. The zero-order chi connectivity index (χ0) is 16.1. The van der Waals surface area contributed by atoms with Crippen LogP contribution in [0.3, 0.4) is 0 Å². The Balaban J connectivity index is 1.83. The number of nitrogens with two attached hydrogens (primary N) is 1. The zero-order valence-electron chi connectivity index (χ0n) is 12.2. The second-order valence-corrected chi connectivity index (χ2v) is 5.71. The fraction of sp³-hybridized carbons (Fsp3) is 0.267. The van der Waals surface area contributed by atoms with Gasteiger partial charge in [-0.2, -0.15) is 0 Å². The zero-order valence-corrected chi connectivity index (χ0v) is 13.0. The van der Waals surface area contributed by atoms with Crippen LogP contribution in [0.2, 0.25) is 0 Å². The van der Waals surface area contributed by atoms with E-state index in [0.717, 1.165) is 5.69 Å². The first-order chi connectivity index (χ1) is 10.5. The lowest BCUT2D eigenvalue weighted by Crippen LogP contribution is -2.17. The van der Waals surface area contributed by atoms with Crippen LogP contribution in [0.5, 0.6) is 0 Å². The Hall–Kier alpha value is -2.41. The number of thiazole rings is 1. The van der Waals surface area contributed by atoms with Crippen molar-refractivity contribution in [3.05, 3.63) is 50.6 Å². The van der Waals surface area contributed by atoms with Gasteiger partial charge in [0.05, 0.1) is 0 Å². The Morgan fingerprint density at radius 3 is 2.50 bits per heavy atom. The summed E-state index contributed by atoms with van der Waals surface area (Å²) in [5, 5.41) is 4.55. The van der Waals surface area contributed by atoms with Gasteiger partial charge in [0.1, 0.15) is 0 Å². The van der Waals surface area contributed by atoms with Crippen molar-refractivity contribution in [2.45, 2.75) is 26.3 Å². The third-order valence-corrected chi connectivity index (χ3v) is 4.10. The van der Waals surface area contributed by atoms with Crippen LogP contribution >= 0.6 is 11.3 Å². The Labute approximate surface area is 131 Å². The molecule has 0 radical (unpaired) electrons. The molecule has 0 fully saturated rings. The van der Waals surface area contributed by atoms with Crippen LogP contribution in [0.1, 0.15) is 28.9 Å². The average Bonchev–Trinajstić information content (AvgIpc) is 2.79. The molecular formula is C15H17N3O3S. The molecule has 0 saturated heterocycles. The number of aromatic nitrogens is 1. The molecule has 7 heteroatoms. The topological polar surface area (TPSA) is 94.2 Å². The first-order valence-electron chi connectivity index (χ1n) is 6.82. The first-order valence-corrected chi connectivity index (χ1v) is 7.70. The minimum Gasteiger partial charge on any atom is -0.366 e. The smallest absolute Gasteiger partial charge is 0.307 e. The number of carbonyl (C=O) groups excluding carboxylic acids is 2. The van der Waals surface area contributed by atoms with Crippen molar-refractivity contribution >= 4 is 28.8 Å². The molecule has 116 valence electrons. The maximum Gasteiger partial charge on any atom is 0.307 e. The standard InChI is InChI=1S/C15H17N3O3S/c1-10-9-22-15(21)18(10)8-2-3-13(19)17-12-6-4-11(5-7-12)14(16)20/h4-7,9H,2-3,8H2,1H3,(H2,16,20)(H,17,19). The highest BCUT2D eigenvalue weighted by Crippen LogP contribution is 2.10. The number of nitrogens with one attached hydrogen (secondary N) is 1. The molecule has 1 aromatic heterocycles. The molecule has 0 bridgehead atoms. The van der Waals surface area contributed by atoms with Gasteiger partial charge in [0.2, 0.25) is 11.8 Å². The molecule has 0 saturated carbocycles. The summed E-state index contributed by atoms with van der Waals surface area (Å²) in [4.78, 5) is 34.3.